The fourth-order valence-electron chi connectivity index (χ4n) is 5.12. The van der Waals surface area contributed by atoms with Crippen LogP contribution in [0.25, 0.3) is 11.0 Å². The van der Waals surface area contributed by atoms with Crippen molar-refractivity contribution in [1.82, 2.24) is 9.55 Å². The molecule has 192 valence electrons. The van der Waals surface area contributed by atoms with Crippen molar-refractivity contribution in [3.8, 4) is 11.5 Å². The molecular formula is C31H35N3O3. The number of fused-ring (bicyclic) bond motifs is 1. The lowest BCUT2D eigenvalue weighted by molar-refractivity contribution is -0.117. The molecule has 2 heterocycles. The van der Waals surface area contributed by atoms with Crippen LogP contribution < -0.4 is 14.4 Å². The van der Waals surface area contributed by atoms with Gasteiger partial charge >= 0.3 is 0 Å². The van der Waals surface area contributed by atoms with E-state index in [1.807, 2.05) is 41.3 Å². The van der Waals surface area contributed by atoms with Crippen molar-refractivity contribution in [2.45, 2.75) is 51.5 Å². The zero-order chi connectivity index (χ0) is 25.8. The third-order valence-corrected chi connectivity index (χ3v) is 7.14. The van der Waals surface area contributed by atoms with E-state index in [0.717, 1.165) is 47.7 Å². The number of amides is 1. The summed E-state index contributed by atoms with van der Waals surface area (Å²) in [6, 6.07) is 24.3. The molecule has 1 amide bonds. The zero-order valence-corrected chi connectivity index (χ0v) is 21.9. The summed E-state index contributed by atoms with van der Waals surface area (Å²) < 4.78 is 13.8. The second kappa shape index (κ2) is 11.1. The standard InChI is InChI=1S/C31H35N3O3/c1-22(2)23-14-16-25(17-15-23)37-19-9-8-18-33-27-11-5-4-10-26(27)32-31(33)24-20-30(35)34(21-24)28-12-6-7-13-29(28)36-3/h4-7,10-17,22,24H,8-9,18-21H2,1-3H3. The molecule has 1 saturated heterocycles. The number of aryl methyl sites for hydroxylation is 1. The average Bonchev–Trinajstić information content (AvgIpc) is 3.49. The highest BCUT2D eigenvalue weighted by atomic mass is 16.5. The number of carbonyl (C=O) groups is 1. The van der Waals surface area contributed by atoms with Gasteiger partial charge in [-0.3, -0.25) is 4.79 Å². The minimum absolute atomic E-state index is 0.0283. The second-order valence-electron chi connectivity index (χ2n) is 9.97. The van der Waals surface area contributed by atoms with Gasteiger partial charge in [0.15, 0.2) is 0 Å². The number of anilines is 1. The molecule has 6 nitrogen and oxygen atoms in total. The number of ether oxygens (including phenoxy) is 2. The highest BCUT2D eigenvalue weighted by Crippen LogP contribution is 2.37. The molecule has 1 atom stereocenters. The number of nitrogens with zero attached hydrogens (tertiary/aromatic N) is 3. The largest absolute Gasteiger partial charge is 0.495 e. The van der Waals surface area contributed by atoms with Gasteiger partial charge in [-0.25, -0.2) is 4.98 Å². The third kappa shape index (κ3) is 5.33. The number of rotatable bonds is 10. The summed E-state index contributed by atoms with van der Waals surface area (Å²) in [5, 5.41) is 0. The molecule has 1 fully saturated rings. The molecule has 0 bridgehead atoms. The van der Waals surface area contributed by atoms with Crippen molar-refractivity contribution in [2.24, 2.45) is 0 Å². The Kier molecular flexibility index (Phi) is 7.45. The van der Waals surface area contributed by atoms with E-state index in [2.05, 4.69) is 54.8 Å². The maximum Gasteiger partial charge on any atom is 0.227 e. The number of unbranched alkanes of at least 4 members (excludes halogenated alkanes) is 1. The van der Waals surface area contributed by atoms with Crippen LogP contribution in [0.1, 0.15) is 56.3 Å². The van der Waals surface area contributed by atoms with Crippen LogP contribution in [0.5, 0.6) is 11.5 Å². The van der Waals surface area contributed by atoms with E-state index in [1.54, 1.807) is 7.11 Å². The Bertz CT molecular complexity index is 1360. The summed E-state index contributed by atoms with van der Waals surface area (Å²) in [5.74, 6) is 3.26. The van der Waals surface area contributed by atoms with E-state index in [9.17, 15) is 4.79 Å². The van der Waals surface area contributed by atoms with Crippen molar-refractivity contribution in [3.05, 3.63) is 84.2 Å². The summed E-state index contributed by atoms with van der Waals surface area (Å²) >= 11 is 0. The lowest BCUT2D eigenvalue weighted by Crippen LogP contribution is -2.25. The molecule has 1 aromatic heterocycles. The number of carbonyl (C=O) groups excluding carboxylic acids is 1. The van der Waals surface area contributed by atoms with Crippen LogP contribution in [-0.2, 0) is 11.3 Å². The van der Waals surface area contributed by atoms with E-state index >= 15 is 0 Å². The Balaban J connectivity index is 1.27. The van der Waals surface area contributed by atoms with E-state index in [1.165, 1.54) is 5.56 Å². The van der Waals surface area contributed by atoms with Gasteiger partial charge in [-0.2, -0.15) is 0 Å². The van der Waals surface area contributed by atoms with Gasteiger partial charge in [-0.1, -0.05) is 50.2 Å². The number of benzene rings is 3. The predicted molar refractivity (Wildman–Crippen MR) is 148 cm³/mol. The molecule has 0 spiro atoms. The first-order chi connectivity index (χ1) is 18.0. The topological polar surface area (TPSA) is 56.6 Å². The maximum absolute atomic E-state index is 13.1. The van der Waals surface area contributed by atoms with E-state index in [0.29, 0.717) is 31.2 Å². The molecule has 6 heteroatoms. The van der Waals surface area contributed by atoms with Gasteiger partial charge in [-0.15, -0.1) is 0 Å². The third-order valence-electron chi connectivity index (χ3n) is 7.14. The molecule has 1 aliphatic rings. The highest BCUT2D eigenvalue weighted by molar-refractivity contribution is 5.97. The van der Waals surface area contributed by atoms with Crippen LogP contribution in [0.2, 0.25) is 0 Å². The maximum atomic E-state index is 13.1. The molecular weight excluding hydrogens is 462 g/mol. The molecule has 4 aromatic rings. The normalized spacial score (nSPS) is 15.6. The smallest absolute Gasteiger partial charge is 0.227 e. The number of methoxy groups -OCH3 is 1. The molecule has 1 aliphatic heterocycles. The number of imidazole rings is 1. The fourth-order valence-corrected chi connectivity index (χ4v) is 5.12. The van der Waals surface area contributed by atoms with E-state index in [4.69, 9.17) is 14.5 Å². The molecule has 37 heavy (non-hydrogen) atoms. The molecule has 1 unspecified atom stereocenters. The number of aromatic nitrogens is 2. The van der Waals surface area contributed by atoms with Crippen LogP contribution in [0.4, 0.5) is 5.69 Å². The van der Waals surface area contributed by atoms with Crippen LogP contribution in [-0.4, -0.2) is 35.7 Å². The fraction of sp³-hybridized carbons (Fsp3) is 0.355. The molecule has 0 radical (unpaired) electrons. The summed E-state index contributed by atoms with van der Waals surface area (Å²) in [6.07, 6.45) is 2.35. The summed E-state index contributed by atoms with van der Waals surface area (Å²) in [4.78, 5) is 19.9. The van der Waals surface area contributed by atoms with Crippen molar-refractivity contribution in [2.75, 3.05) is 25.2 Å². The second-order valence-corrected chi connectivity index (χ2v) is 9.97. The van der Waals surface area contributed by atoms with Crippen LogP contribution in [0, 0.1) is 0 Å². The number of para-hydroxylation sites is 4. The van der Waals surface area contributed by atoms with Crippen molar-refractivity contribution in [3.63, 3.8) is 0 Å². The first-order valence-corrected chi connectivity index (χ1v) is 13.2. The number of hydrogen-bond acceptors (Lipinski definition) is 4. The van der Waals surface area contributed by atoms with Gasteiger partial charge in [0.05, 0.1) is 30.4 Å². The van der Waals surface area contributed by atoms with Gasteiger partial charge in [0.2, 0.25) is 5.91 Å². The van der Waals surface area contributed by atoms with E-state index < -0.39 is 0 Å². The Hall–Kier alpha value is -3.80. The van der Waals surface area contributed by atoms with Crippen LogP contribution in [0.3, 0.4) is 0 Å². The molecule has 3 aromatic carbocycles. The van der Waals surface area contributed by atoms with Gasteiger partial charge in [0, 0.05) is 25.4 Å². The summed E-state index contributed by atoms with van der Waals surface area (Å²) in [7, 11) is 1.64. The van der Waals surface area contributed by atoms with Gasteiger partial charge in [0.1, 0.15) is 17.3 Å². The van der Waals surface area contributed by atoms with E-state index in [-0.39, 0.29) is 11.8 Å². The van der Waals surface area contributed by atoms with Crippen molar-refractivity contribution >= 4 is 22.6 Å². The lowest BCUT2D eigenvalue weighted by Gasteiger charge is -2.19. The molecule has 0 saturated carbocycles. The zero-order valence-electron chi connectivity index (χ0n) is 21.9. The Morgan fingerprint density at radius 2 is 1.73 bits per heavy atom. The van der Waals surface area contributed by atoms with Crippen LogP contribution >= 0.6 is 0 Å². The first-order valence-electron chi connectivity index (χ1n) is 13.2. The molecule has 0 N–H and O–H groups in total. The Labute approximate surface area is 218 Å². The minimum Gasteiger partial charge on any atom is -0.495 e. The lowest BCUT2D eigenvalue weighted by atomic mass is 10.0. The Morgan fingerprint density at radius 3 is 2.51 bits per heavy atom. The van der Waals surface area contributed by atoms with Gasteiger partial charge in [-0.05, 0) is 60.7 Å². The monoisotopic (exact) mass is 497 g/mol. The van der Waals surface area contributed by atoms with Crippen molar-refractivity contribution < 1.29 is 14.3 Å². The average molecular weight is 498 g/mol. The first kappa shape index (κ1) is 24.9. The summed E-state index contributed by atoms with van der Waals surface area (Å²) in [6.45, 7) is 6.50. The molecule has 0 aliphatic carbocycles. The highest BCUT2D eigenvalue weighted by Gasteiger charge is 2.35. The predicted octanol–water partition coefficient (Wildman–Crippen LogP) is 6.55. The quantitative estimate of drug-likeness (QED) is 0.233. The van der Waals surface area contributed by atoms with Crippen LogP contribution in [0.15, 0.2) is 72.8 Å². The van der Waals surface area contributed by atoms with Gasteiger partial charge < -0.3 is 18.9 Å². The SMILES string of the molecule is COc1ccccc1N1CC(c2nc3ccccc3n2CCCCOc2ccc(C(C)C)cc2)CC1=O. The minimum atomic E-state index is 0.0283. The van der Waals surface area contributed by atoms with Gasteiger partial charge in [0.25, 0.3) is 0 Å². The Morgan fingerprint density at radius 1 is 0.973 bits per heavy atom. The summed E-state index contributed by atoms with van der Waals surface area (Å²) in [5.41, 5.74) is 4.23. The molecule has 5 rings (SSSR count). The van der Waals surface area contributed by atoms with Crippen molar-refractivity contribution in [1.29, 1.82) is 0 Å². The number of hydrogen-bond donors (Lipinski definition) is 0.